The molecule has 0 amide bonds. The average Bonchev–Trinajstić information content (AvgIpc) is 3.22. The minimum absolute atomic E-state index is 0.0617. The summed E-state index contributed by atoms with van der Waals surface area (Å²) in [6, 6.07) is 39.9. The number of pyridine rings is 1. The van der Waals surface area contributed by atoms with Gasteiger partial charge in [0.05, 0.1) is 33.5 Å². The molecule has 1 N–H and O–H groups in total. The van der Waals surface area contributed by atoms with Crippen LogP contribution in [0.1, 0.15) is 108 Å². The number of phenols is 1. The van der Waals surface area contributed by atoms with Crippen molar-refractivity contribution in [3.05, 3.63) is 192 Å². The van der Waals surface area contributed by atoms with E-state index in [-0.39, 0.29) is 27.7 Å². The Morgan fingerprint density at radius 2 is 1.20 bits per heavy atom. The zero-order chi connectivity index (χ0) is 57.7. The monoisotopic (exact) mass is 877 g/mol. The van der Waals surface area contributed by atoms with Gasteiger partial charge >= 0.3 is 0 Å². The molecule has 0 atom stereocenters. The van der Waals surface area contributed by atoms with Gasteiger partial charge in [0, 0.05) is 35.2 Å². The molecule has 0 bridgehead atoms. The fraction of sp³-hybridized carbons (Fsp3) is 0.226. The summed E-state index contributed by atoms with van der Waals surface area (Å²) in [4.78, 5) is 10.3. The average molecular weight is 877 g/mol. The molecule has 0 radical (unpaired) electrons. The number of para-hydroxylation sites is 1. The number of phenolic OH excluding ortho intramolecular Hbond substituents is 1. The van der Waals surface area contributed by atoms with Crippen LogP contribution in [0.5, 0.6) is 5.75 Å². The number of nitrogens with zero attached hydrogens (tertiary/aromatic N) is 3. The standard InChI is InChI=1S/C62H61N3O/c1-39-32-40(2)58(66)53(33-39)59-64-57-52(18-15-19-55(57)65(59)56-38-50(62(9,10)11)28-29-51(56)43-22-26-49(27-23-43)61(6,7)8)46-34-45(41-16-13-12-14-17-41)35-47(36-46)54-37-44(30-31-63-54)42-20-24-48(25-21-42)60(3,4)5/h12-38,66H,1-11H3/i3D3,4D3,5D3,20D,21D,24D,25D. The molecule has 0 spiro atoms. The molecule has 2 heterocycles. The van der Waals surface area contributed by atoms with Crippen molar-refractivity contribution in [2.45, 2.75) is 92.2 Å². The van der Waals surface area contributed by atoms with Gasteiger partial charge in [-0.15, -0.1) is 0 Å². The molecule has 4 heteroatoms. The Hall–Kier alpha value is -7.04. The van der Waals surface area contributed by atoms with Crippen molar-refractivity contribution in [3.8, 4) is 78.6 Å². The summed E-state index contributed by atoms with van der Waals surface area (Å²) in [5.41, 5.74) is 7.33. The molecule has 0 aliphatic rings. The Morgan fingerprint density at radius 3 is 1.89 bits per heavy atom. The van der Waals surface area contributed by atoms with Crippen molar-refractivity contribution in [2.75, 3.05) is 0 Å². The first-order chi connectivity index (χ1) is 36.8. The van der Waals surface area contributed by atoms with Gasteiger partial charge < -0.3 is 5.11 Å². The zero-order valence-corrected chi connectivity index (χ0v) is 38.6. The van der Waals surface area contributed by atoms with Crippen LogP contribution >= 0.6 is 0 Å². The van der Waals surface area contributed by atoms with Crippen LogP contribution in [0.4, 0.5) is 0 Å². The van der Waals surface area contributed by atoms with E-state index in [1.807, 2.05) is 86.6 Å². The van der Waals surface area contributed by atoms with Gasteiger partial charge in [0.25, 0.3) is 0 Å². The van der Waals surface area contributed by atoms with E-state index in [4.69, 9.17) is 25.0 Å². The summed E-state index contributed by atoms with van der Waals surface area (Å²) in [6.45, 7) is 5.53. The van der Waals surface area contributed by atoms with E-state index in [2.05, 4.69) is 94.6 Å². The van der Waals surface area contributed by atoms with Crippen molar-refractivity contribution in [1.29, 1.82) is 0 Å². The van der Waals surface area contributed by atoms with Gasteiger partial charge in [-0.3, -0.25) is 9.55 Å². The van der Waals surface area contributed by atoms with Gasteiger partial charge in [-0.1, -0.05) is 171 Å². The normalized spacial score (nSPS) is 15.7. The fourth-order valence-corrected chi connectivity index (χ4v) is 8.58. The largest absolute Gasteiger partial charge is 0.507 e. The summed E-state index contributed by atoms with van der Waals surface area (Å²) >= 11 is 0. The summed E-state index contributed by atoms with van der Waals surface area (Å²) in [5.74, 6) is 0.632. The van der Waals surface area contributed by atoms with Crippen LogP contribution < -0.4 is 0 Å². The van der Waals surface area contributed by atoms with Gasteiger partial charge in [0.15, 0.2) is 0 Å². The minimum Gasteiger partial charge on any atom is -0.507 e. The van der Waals surface area contributed by atoms with Crippen molar-refractivity contribution >= 4 is 11.0 Å². The molecule has 2 aromatic heterocycles. The van der Waals surface area contributed by atoms with Gasteiger partial charge in [0.2, 0.25) is 0 Å². The minimum atomic E-state index is -3.81. The smallest absolute Gasteiger partial charge is 0.149 e. The molecule has 0 aliphatic carbocycles. The third-order valence-electron chi connectivity index (χ3n) is 12.2. The van der Waals surface area contributed by atoms with Crippen molar-refractivity contribution < 1.29 is 22.9 Å². The third-order valence-corrected chi connectivity index (χ3v) is 12.2. The predicted molar refractivity (Wildman–Crippen MR) is 279 cm³/mol. The number of hydrogen-bond donors (Lipinski definition) is 1. The molecule has 9 rings (SSSR count). The molecular formula is C62H61N3O. The lowest BCUT2D eigenvalue weighted by Crippen LogP contribution is -2.13. The molecule has 4 nitrogen and oxygen atoms in total. The highest BCUT2D eigenvalue weighted by Gasteiger charge is 2.26. The number of fused-ring (bicyclic) bond motifs is 1. The topological polar surface area (TPSA) is 50.9 Å². The number of aryl methyl sites for hydroxylation is 2. The van der Waals surface area contributed by atoms with Crippen LogP contribution in [0.25, 0.3) is 83.9 Å². The van der Waals surface area contributed by atoms with Gasteiger partial charge in [-0.2, -0.15) is 0 Å². The highest BCUT2D eigenvalue weighted by Crippen LogP contribution is 2.44. The second-order valence-electron chi connectivity index (χ2n) is 19.3. The molecular weight excluding hydrogens is 803 g/mol. The third kappa shape index (κ3) is 8.61. The van der Waals surface area contributed by atoms with Crippen LogP contribution in [-0.2, 0) is 16.2 Å². The molecule has 7 aromatic carbocycles. The van der Waals surface area contributed by atoms with Crippen LogP contribution in [0, 0.1) is 13.8 Å². The number of hydrogen-bond acceptors (Lipinski definition) is 3. The van der Waals surface area contributed by atoms with E-state index in [9.17, 15) is 7.85 Å². The first-order valence-corrected chi connectivity index (χ1v) is 22.1. The molecule has 0 saturated carbocycles. The highest BCUT2D eigenvalue weighted by atomic mass is 16.3. The molecule has 0 saturated heterocycles. The van der Waals surface area contributed by atoms with Crippen LogP contribution in [0.2, 0.25) is 0 Å². The number of aromatic hydroxyl groups is 1. The summed E-state index contributed by atoms with van der Waals surface area (Å²) in [6.07, 6.45) is 1.43. The first kappa shape index (κ1) is 31.0. The van der Waals surface area contributed by atoms with Gasteiger partial charge in [-0.25, -0.2) is 4.98 Å². The van der Waals surface area contributed by atoms with Crippen LogP contribution in [0.15, 0.2) is 164 Å². The number of benzene rings is 7. The van der Waals surface area contributed by atoms with Crippen molar-refractivity contribution in [3.63, 3.8) is 0 Å². The lowest BCUT2D eigenvalue weighted by molar-refractivity contribution is 0.472. The number of rotatable bonds is 7. The van der Waals surface area contributed by atoms with E-state index in [0.29, 0.717) is 33.7 Å². The molecule has 0 aliphatic heterocycles. The molecule has 330 valence electrons. The SMILES string of the molecule is [2H]c1c([2H])c(C(C([2H])([2H])[2H])(C([2H])([2H])[2H])C([2H])([2H])[2H])c([2H])c([2H])c1-c1ccnc(-c2cc(-c3ccccc3)cc(-c3cccc4c3nc(-c3cc(C)cc(C)c3O)n4-c3cc(C(C)(C)C)ccc3-c3ccc(C(C)(C)C)cc3)c2)c1. The van der Waals surface area contributed by atoms with E-state index in [0.717, 1.165) is 55.7 Å². The maximum absolute atomic E-state index is 12.0. The maximum atomic E-state index is 12.0. The lowest BCUT2D eigenvalue weighted by atomic mass is 9.84. The highest BCUT2D eigenvalue weighted by molar-refractivity contribution is 5.98. The first-order valence-electron chi connectivity index (χ1n) is 28.6. The Balaban J connectivity index is 1.30. The van der Waals surface area contributed by atoms with Gasteiger partial charge in [-0.05, 0) is 140 Å². The molecule has 0 fully saturated rings. The second kappa shape index (κ2) is 16.7. The summed E-state index contributed by atoms with van der Waals surface area (Å²) in [5, 5.41) is 12.0. The number of aromatic nitrogens is 3. The fourth-order valence-electron chi connectivity index (χ4n) is 8.58. The van der Waals surface area contributed by atoms with E-state index >= 15 is 0 Å². The van der Waals surface area contributed by atoms with Crippen LogP contribution in [-0.4, -0.2) is 19.6 Å². The Labute approximate surface area is 410 Å². The zero-order valence-electron chi connectivity index (χ0n) is 51.6. The number of imidazole rings is 1. The maximum Gasteiger partial charge on any atom is 0.149 e. The summed E-state index contributed by atoms with van der Waals surface area (Å²) in [7, 11) is 0. The van der Waals surface area contributed by atoms with Gasteiger partial charge in [0.1, 0.15) is 11.6 Å². The Morgan fingerprint density at radius 1 is 0.515 bits per heavy atom. The van der Waals surface area contributed by atoms with Crippen LogP contribution in [0.3, 0.4) is 0 Å². The quantitative estimate of drug-likeness (QED) is 0.174. The van der Waals surface area contributed by atoms with E-state index < -0.39 is 55.7 Å². The predicted octanol–water partition coefficient (Wildman–Crippen LogP) is 16.6. The van der Waals surface area contributed by atoms with E-state index in [1.54, 1.807) is 6.07 Å². The molecule has 0 unspecified atom stereocenters. The lowest BCUT2D eigenvalue weighted by Gasteiger charge is -2.24. The van der Waals surface area contributed by atoms with E-state index in [1.165, 1.54) is 17.8 Å². The van der Waals surface area contributed by atoms with Crippen molar-refractivity contribution in [2.24, 2.45) is 0 Å². The Kier molecular flexibility index (Phi) is 7.86. The molecule has 66 heavy (non-hydrogen) atoms. The summed E-state index contributed by atoms with van der Waals surface area (Å²) < 4.78 is 113. The Bertz CT molecular complexity index is 3780. The van der Waals surface area contributed by atoms with Crippen molar-refractivity contribution in [1.82, 2.24) is 14.5 Å². The second-order valence-corrected chi connectivity index (χ2v) is 19.3. The molecule has 9 aromatic rings.